The molecule has 2 aromatic rings. The molecule has 2 amide bonds. The first-order valence-electron chi connectivity index (χ1n) is 8.19. The highest BCUT2D eigenvalue weighted by molar-refractivity contribution is 5.90. The Balaban J connectivity index is 1.64. The van der Waals surface area contributed by atoms with E-state index in [2.05, 4.69) is 0 Å². The molecule has 0 radical (unpaired) electrons. The number of ether oxygens (including phenoxy) is 1. The molecule has 1 N–H and O–H groups in total. The molecule has 0 bridgehead atoms. The van der Waals surface area contributed by atoms with Crippen LogP contribution in [-0.2, 0) is 22.6 Å². The summed E-state index contributed by atoms with van der Waals surface area (Å²) in [5.74, 6) is -0.558. The van der Waals surface area contributed by atoms with Gasteiger partial charge in [0.2, 0.25) is 6.29 Å². The number of fused-ring (bicyclic) bond motifs is 1. The first-order valence-corrected chi connectivity index (χ1v) is 8.19. The van der Waals surface area contributed by atoms with Gasteiger partial charge >= 0.3 is 12.0 Å². The normalized spacial score (nSPS) is 25.2. The Kier molecular flexibility index (Phi) is 3.89. The van der Waals surface area contributed by atoms with Crippen molar-refractivity contribution in [2.24, 2.45) is 0 Å². The summed E-state index contributed by atoms with van der Waals surface area (Å²) in [7, 11) is 0. The topological polar surface area (TPSA) is 70.1 Å². The fourth-order valence-electron chi connectivity index (χ4n) is 3.50. The number of nitrogens with zero attached hydrogens (tertiary/aromatic N) is 2. The number of rotatable bonds is 4. The third-order valence-corrected chi connectivity index (χ3v) is 4.67. The summed E-state index contributed by atoms with van der Waals surface area (Å²) in [5.41, 5.74) is 1.85. The molecule has 0 aliphatic carbocycles. The van der Waals surface area contributed by atoms with E-state index in [9.17, 15) is 14.7 Å². The van der Waals surface area contributed by atoms with Crippen LogP contribution < -0.4 is 0 Å². The smallest absolute Gasteiger partial charge is 0.333 e. The lowest BCUT2D eigenvalue weighted by atomic mass is 10.1. The predicted molar refractivity (Wildman–Crippen MR) is 89.0 cm³/mol. The van der Waals surface area contributed by atoms with Gasteiger partial charge in [-0.05, 0) is 11.1 Å². The van der Waals surface area contributed by atoms with E-state index in [1.54, 1.807) is 0 Å². The largest absolute Gasteiger partial charge is 0.432 e. The van der Waals surface area contributed by atoms with Crippen molar-refractivity contribution >= 4 is 12.0 Å². The van der Waals surface area contributed by atoms with E-state index >= 15 is 0 Å². The van der Waals surface area contributed by atoms with Crippen molar-refractivity contribution in [2.75, 3.05) is 0 Å². The lowest BCUT2D eigenvalue weighted by molar-refractivity contribution is -0.158. The van der Waals surface area contributed by atoms with Crippen molar-refractivity contribution < 1.29 is 19.4 Å². The maximum absolute atomic E-state index is 13.0. The summed E-state index contributed by atoms with van der Waals surface area (Å²) < 4.78 is 4.99. The summed E-state index contributed by atoms with van der Waals surface area (Å²) in [6, 6.07) is 17.2. The zero-order valence-corrected chi connectivity index (χ0v) is 13.5. The Morgan fingerprint density at radius 3 is 1.92 bits per heavy atom. The molecule has 4 rings (SSSR count). The van der Waals surface area contributed by atoms with Gasteiger partial charge in [0.25, 0.3) is 0 Å². The molecule has 2 heterocycles. The quantitative estimate of drug-likeness (QED) is 0.862. The van der Waals surface area contributed by atoms with Crippen LogP contribution in [0.25, 0.3) is 0 Å². The second kappa shape index (κ2) is 6.22. The lowest BCUT2D eigenvalue weighted by Gasteiger charge is -2.24. The number of urea groups is 1. The molecule has 2 aromatic carbocycles. The first kappa shape index (κ1) is 15.7. The number of hydrogen-bond donors (Lipinski definition) is 1. The number of amides is 2. The number of hydrogen-bond acceptors (Lipinski definition) is 4. The number of aliphatic hydroxyl groups is 1. The highest BCUT2D eigenvalue weighted by atomic mass is 16.6. The summed E-state index contributed by atoms with van der Waals surface area (Å²) in [6.45, 7) is 0.619. The fraction of sp³-hybridized carbons (Fsp3) is 0.263. The van der Waals surface area contributed by atoms with E-state index in [1.165, 1.54) is 9.80 Å². The van der Waals surface area contributed by atoms with Crippen molar-refractivity contribution in [1.82, 2.24) is 9.80 Å². The molecule has 0 aromatic heterocycles. The predicted octanol–water partition coefficient (Wildman–Crippen LogP) is 1.74. The highest BCUT2D eigenvalue weighted by Crippen LogP contribution is 2.34. The second-order valence-electron chi connectivity index (χ2n) is 6.27. The number of aliphatic hydroxyl groups excluding tert-OH is 1. The Labute approximate surface area is 145 Å². The average Bonchev–Trinajstić information content (AvgIpc) is 3.06. The molecule has 0 spiro atoms. The van der Waals surface area contributed by atoms with Crippen LogP contribution in [0.5, 0.6) is 0 Å². The van der Waals surface area contributed by atoms with Crippen LogP contribution in [0.4, 0.5) is 4.79 Å². The lowest BCUT2D eigenvalue weighted by Crippen LogP contribution is -2.41. The molecule has 0 saturated carbocycles. The van der Waals surface area contributed by atoms with Crippen molar-refractivity contribution in [3.63, 3.8) is 0 Å². The maximum Gasteiger partial charge on any atom is 0.333 e. The van der Waals surface area contributed by atoms with Crippen LogP contribution >= 0.6 is 0 Å². The first-order chi connectivity index (χ1) is 12.1. The molecular weight excluding hydrogens is 320 g/mol. The van der Waals surface area contributed by atoms with Gasteiger partial charge in [-0.3, -0.25) is 0 Å². The van der Waals surface area contributed by atoms with E-state index < -0.39 is 24.3 Å². The Bertz CT molecular complexity index is 781. The molecule has 3 unspecified atom stereocenters. The van der Waals surface area contributed by atoms with E-state index in [0.717, 1.165) is 11.1 Å². The molecule has 25 heavy (non-hydrogen) atoms. The number of cyclic esters (lactones) is 1. The van der Waals surface area contributed by atoms with E-state index in [1.807, 2.05) is 60.7 Å². The molecule has 128 valence electrons. The minimum absolute atomic E-state index is 0.265. The zero-order valence-electron chi connectivity index (χ0n) is 13.5. The Morgan fingerprint density at radius 2 is 1.36 bits per heavy atom. The summed E-state index contributed by atoms with van der Waals surface area (Å²) in [6.07, 6.45) is -1.30. The van der Waals surface area contributed by atoms with Crippen LogP contribution in [0.2, 0.25) is 0 Å². The minimum Gasteiger partial charge on any atom is -0.432 e. The van der Waals surface area contributed by atoms with Crippen LogP contribution in [0.3, 0.4) is 0 Å². The zero-order chi connectivity index (χ0) is 17.4. The standard InChI is InChI=1S/C19H18N2O4/c22-17-15-16(18(23)25-17)21(12-14-9-5-2-6-10-14)19(24)20(15)11-13-7-3-1-4-8-13/h1-10,15-17,22H,11-12H2. The van der Waals surface area contributed by atoms with Crippen molar-refractivity contribution in [1.29, 1.82) is 0 Å². The summed E-state index contributed by atoms with van der Waals surface area (Å²) in [5, 5.41) is 10.2. The number of esters is 1. The van der Waals surface area contributed by atoms with Crippen LogP contribution in [0.15, 0.2) is 60.7 Å². The van der Waals surface area contributed by atoms with Gasteiger partial charge < -0.3 is 19.6 Å². The number of carbonyl (C=O) groups excluding carboxylic acids is 2. The maximum atomic E-state index is 13.0. The van der Waals surface area contributed by atoms with Gasteiger partial charge in [-0.15, -0.1) is 0 Å². The van der Waals surface area contributed by atoms with E-state index in [4.69, 9.17) is 4.74 Å². The monoisotopic (exact) mass is 338 g/mol. The van der Waals surface area contributed by atoms with Crippen molar-refractivity contribution in [2.45, 2.75) is 31.5 Å². The van der Waals surface area contributed by atoms with E-state index in [-0.39, 0.29) is 6.03 Å². The highest BCUT2D eigenvalue weighted by Gasteiger charge is 2.58. The van der Waals surface area contributed by atoms with Gasteiger partial charge in [-0.2, -0.15) is 0 Å². The van der Waals surface area contributed by atoms with Gasteiger partial charge in [0, 0.05) is 13.1 Å². The SMILES string of the molecule is O=C1OC(O)C2C1N(Cc1ccccc1)C(=O)N2Cc1ccccc1. The minimum atomic E-state index is -1.30. The number of carbonyl (C=O) groups is 2. The second-order valence-corrected chi connectivity index (χ2v) is 6.27. The van der Waals surface area contributed by atoms with E-state index in [0.29, 0.717) is 13.1 Å². The summed E-state index contributed by atoms with van der Waals surface area (Å²) >= 11 is 0. The van der Waals surface area contributed by atoms with Gasteiger partial charge in [0.05, 0.1) is 0 Å². The molecule has 3 atom stereocenters. The van der Waals surface area contributed by atoms with Crippen molar-refractivity contribution in [3.05, 3.63) is 71.8 Å². The molecular formula is C19H18N2O4. The Hall–Kier alpha value is -2.86. The van der Waals surface area contributed by atoms with Gasteiger partial charge in [0.1, 0.15) is 6.04 Å². The van der Waals surface area contributed by atoms with Crippen LogP contribution in [0, 0.1) is 0 Å². The van der Waals surface area contributed by atoms with Gasteiger partial charge in [0.15, 0.2) is 6.04 Å². The third kappa shape index (κ3) is 2.74. The molecule has 6 heteroatoms. The molecule has 2 saturated heterocycles. The van der Waals surface area contributed by atoms with Gasteiger partial charge in [-0.1, -0.05) is 60.7 Å². The molecule has 2 aliphatic heterocycles. The van der Waals surface area contributed by atoms with Crippen LogP contribution in [-0.4, -0.2) is 45.3 Å². The Morgan fingerprint density at radius 1 is 0.840 bits per heavy atom. The van der Waals surface area contributed by atoms with Crippen molar-refractivity contribution in [3.8, 4) is 0 Å². The van der Waals surface area contributed by atoms with Gasteiger partial charge in [-0.25, -0.2) is 9.59 Å². The average molecular weight is 338 g/mol. The summed E-state index contributed by atoms with van der Waals surface area (Å²) in [4.78, 5) is 28.2. The molecule has 6 nitrogen and oxygen atoms in total. The molecule has 2 aliphatic rings. The fourth-order valence-corrected chi connectivity index (χ4v) is 3.50. The number of benzene rings is 2. The third-order valence-electron chi connectivity index (χ3n) is 4.67. The van der Waals surface area contributed by atoms with Crippen LogP contribution in [0.1, 0.15) is 11.1 Å². The molecule has 2 fully saturated rings.